The number of benzene rings is 2. The van der Waals surface area contributed by atoms with Crippen LogP contribution in [0.15, 0.2) is 53.5 Å². The molecule has 0 aromatic heterocycles. The monoisotopic (exact) mass is 511 g/mol. The van der Waals surface area contributed by atoms with Gasteiger partial charge in [-0.2, -0.15) is 0 Å². The van der Waals surface area contributed by atoms with E-state index in [1.165, 1.54) is 22.0 Å². The number of hydrogen-bond acceptors (Lipinski definition) is 6. The molecule has 3 amide bonds. The standard InChI is InChI=1S/C21H19Cl2N3O6S/c22-16-5-1-14(2-6-16)11-26(21(31)24-12-32-19(29)10-9-18(27)28)33-13-25-20(30)15-3-7-17(23)8-4-15/h1-8,13H,9-12H2,(H,24,31)(H,27,28). The first-order valence-electron chi connectivity index (χ1n) is 9.41. The molecule has 0 heterocycles. The number of nitrogens with one attached hydrogen (secondary N) is 1. The van der Waals surface area contributed by atoms with Crippen molar-refractivity contribution in [1.82, 2.24) is 9.62 Å². The highest BCUT2D eigenvalue weighted by atomic mass is 35.5. The number of amides is 3. The van der Waals surface area contributed by atoms with Crippen molar-refractivity contribution < 1.29 is 29.0 Å². The lowest BCUT2D eigenvalue weighted by Crippen LogP contribution is -2.37. The molecule has 174 valence electrons. The van der Waals surface area contributed by atoms with E-state index in [1.54, 1.807) is 36.4 Å². The summed E-state index contributed by atoms with van der Waals surface area (Å²) in [7, 11) is 0. The highest BCUT2D eigenvalue weighted by Crippen LogP contribution is 2.17. The minimum absolute atomic E-state index is 0.127. The molecule has 33 heavy (non-hydrogen) atoms. The van der Waals surface area contributed by atoms with Crippen LogP contribution in [0.4, 0.5) is 4.79 Å². The zero-order chi connectivity index (χ0) is 24.2. The van der Waals surface area contributed by atoms with Gasteiger partial charge in [-0.05, 0) is 42.0 Å². The molecule has 2 N–H and O–H groups in total. The normalized spacial score (nSPS) is 10.6. The van der Waals surface area contributed by atoms with Crippen LogP contribution in [-0.4, -0.2) is 45.6 Å². The van der Waals surface area contributed by atoms with Crippen LogP contribution >= 0.6 is 35.1 Å². The topological polar surface area (TPSA) is 125 Å². The molecule has 0 aliphatic rings. The van der Waals surface area contributed by atoms with Crippen molar-refractivity contribution in [2.24, 2.45) is 4.99 Å². The molecular weight excluding hydrogens is 493 g/mol. The van der Waals surface area contributed by atoms with Crippen LogP contribution < -0.4 is 5.32 Å². The van der Waals surface area contributed by atoms with Crippen LogP contribution in [0, 0.1) is 0 Å². The van der Waals surface area contributed by atoms with Gasteiger partial charge in [0.2, 0.25) is 0 Å². The Hall–Kier alpha value is -3.08. The Bertz CT molecular complexity index is 1020. The largest absolute Gasteiger partial charge is 0.481 e. The van der Waals surface area contributed by atoms with E-state index in [0.29, 0.717) is 15.6 Å². The minimum atomic E-state index is -1.13. The average Bonchev–Trinajstić information content (AvgIpc) is 2.78. The molecule has 2 aromatic rings. The Labute approximate surface area is 203 Å². The fourth-order valence-electron chi connectivity index (χ4n) is 2.26. The number of halogens is 2. The summed E-state index contributed by atoms with van der Waals surface area (Å²) < 4.78 is 6.06. The molecule has 2 rings (SSSR count). The van der Waals surface area contributed by atoms with Gasteiger partial charge in [-0.15, -0.1) is 0 Å². The number of carbonyl (C=O) groups is 4. The number of carboxylic acid groups (broad SMARTS) is 1. The van der Waals surface area contributed by atoms with Crippen molar-refractivity contribution in [3.8, 4) is 0 Å². The number of carboxylic acids is 1. The van der Waals surface area contributed by atoms with E-state index in [0.717, 1.165) is 17.5 Å². The van der Waals surface area contributed by atoms with Crippen LogP contribution in [0.3, 0.4) is 0 Å². The molecule has 0 aliphatic heterocycles. The summed E-state index contributed by atoms with van der Waals surface area (Å²) in [5.41, 5.74) is 2.29. The molecule has 0 saturated heterocycles. The molecule has 12 heteroatoms. The van der Waals surface area contributed by atoms with Crippen molar-refractivity contribution in [3.63, 3.8) is 0 Å². The summed E-state index contributed by atoms with van der Waals surface area (Å²) in [4.78, 5) is 50.5. The summed E-state index contributed by atoms with van der Waals surface area (Å²) in [5.74, 6) is -2.41. The number of rotatable bonds is 10. The molecule has 9 nitrogen and oxygen atoms in total. The molecule has 0 atom stereocenters. The number of nitrogens with zero attached hydrogens (tertiary/aromatic N) is 2. The zero-order valence-electron chi connectivity index (χ0n) is 17.1. The number of ether oxygens (including phenoxy) is 1. The van der Waals surface area contributed by atoms with Crippen LogP contribution in [0.2, 0.25) is 10.0 Å². The summed E-state index contributed by atoms with van der Waals surface area (Å²) in [6.07, 6.45) is -0.683. The van der Waals surface area contributed by atoms with Gasteiger partial charge in [-0.25, -0.2) is 9.79 Å². The number of carbonyl (C=O) groups excluding carboxylic acids is 3. The highest BCUT2D eigenvalue weighted by molar-refractivity contribution is 8.10. The second-order valence-corrected chi connectivity index (χ2v) is 8.09. The van der Waals surface area contributed by atoms with Gasteiger partial charge in [-0.3, -0.25) is 18.7 Å². The second kappa shape index (κ2) is 13.5. The van der Waals surface area contributed by atoms with E-state index < -0.39 is 30.6 Å². The zero-order valence-corrected chi connectivity index (χ0v) is 19.4. The number of aliphatic carboxylic acids is 1. The molecule has 0 unspecified atom stereocenters. The molecule has 0 radical (unpaired) electrons. The SMILES string of the molecule is O=C(O)CCC(=O)OCNC(=O)N(Cc1ccc(Cl)cc1)SC=NC(=O)c1ccc(Cl)cc1. The molecule has 0 aliphatic carbocycles. The van der Waals surface area contributed by atoms with E-state index in [-0.39, 0.29) is 19.4 Å². The molecule has 0 saturated carbocycles. The van der Waals surface area contributed by atoms with Gasteiger partial charge >= 0.3 is 18.0 Å². The smallest absolute Gasteiger partial charge is 0.330 e. The van der Waals surface area contributed by atoms with Gasteiger partial charge in [0.25, 0.3) is 5.91 Å². The summed E-state index contributed by atoms with van der Waals surface area (Å²) >= 11 is 12.6. The maximum absolute atomic E-state index is 12.6. The Balaban J connectivity index is 1.98. The van der Waals surface area contributed by atoms with Gasteiger partial charge in [0.05, 0.1) is 24.9 Å². The van der Waals surface area contributed by atoms with Gasteiger partial charge in [0.1, 0.15) is 0 Å². The summed E-state index contributed by atoms with van der Waals surface area (Å²) in [6.45, 7) is -0.322. The average molecular weight is 512 g/mol. The number of aliphatic imine (C=N–C) groups is 1. The van der Waals surface area contributed by atoms with E-state index in [1.807, 2.05) is 0 Å². The van der Waals surface area contributed by atoms with Crippen LogP contribution in [0.25, 0.3) is 0 Å². The third kappa shape index (κ3) is 9.94. The third-order valence-electron chi connectivity index (χ3n) is 3.90. The number of hydrogen-bond donors (Lipinski definition) is 2. The number of urea groups is 1. The first-order chi connectivity index (χ1) is 15.7. The van der Waals surface area contributed by atoms with E-state index in [2.05, 4.69) is 10.3 Å². The van der Waals surface area contributed by atoms with Crippen molar-refractivity contribution in [2.45, 2.75) is 19.4 Å². The van der Waals surface area contributed by atoms with Gasteiger partial charge in [0.15, 0.2) is 6.73 Å². The lowest BCUT2D eigenvalue weighted by molar-refractivity contribution is -0.148. The lowest BCUT2D eigenvalue weighted by Gasteiger charge is -2.20. The van der Waals surface area contributed by atoms with Crippen LogP contribution in [0.1, 0.15) is 28.8 Å². The van der Waals surface area contributed by atoms with Crippen LogP contribution in [0.5, 0.6) is 0 Å². The quantitative estimate of drug-likeness (QED) is 0.159. The summed E-state index contributed by atoms with van der Waals surface area (Å²) in [6, 6.07) is 12.4. The fraction of sp³-hybridized carbons (Fsp3) is 0.190. The molecule has 2 aromatic carbocycles. The maximum Gasteiger partial charge on any atom is 0.330 e. The van der Waals surface area contributed by atoms with Gasteiger partial charge in [0, 0.05) is 27.6 Å². The predicted octanol–water partition coefficient (Wildman–Crippen LogP) is 4.39. The Kier molecular flexibility index (Phi) is 10.7. The maximum atomic E-state index is 12.6. The Morgan fingerprint density at radius 3 is 2.21 bits per heavy atom. The first-order valence-corrected chi connectivity index (χ1v) is 11.0. The van der Waals surface area contributed by atoms with Crippen LogP contribution in [-0.2, 0) is 20.9 Å². The van der Waals surface area contributed by atoms with Crippen molar-refractivity contribution >= 4 is 64.6 Å². The lowest BCUT2D eigenvalue weighted by atomic mass is 10.2. The van der Waals surface area contributed by atoms with Gasteiger partial charge in [-0.1, -0.05) is 35.3 Å². The fourth-order valence-corrected chi connectivity index (χ4v) is 3.15. The van der Waals surface area contributed by atoms with Crippen molar-refractivity contribution in [3.05, 3.63) is 69.7 Å². The molecule has 0 spiro atoms. The highest BCUT2D eigenvalue weighted by Gasteiger charge is 2.16. The van der Waals surface area contributed by atoms with Crippen molar-refractivity contribution in [2.75, 3.05) is 6.73 Å². The Morgan fingerprint density at radius 2 is 1.61 bits per heavy atom. The molecule has 0 fully saturated rings. The first kappa shape index (κ1) is 26.2. The number of esters is 1. The van der Waals surface area contributed by atoms with E-state index in [4.69, 9.17) is 33.0 Å². The van der Waals surface area contributed by atoms with E-state index in [9.17, 15) is 19.2 Å². The van der Waals surface area contributed by atoms with Gasteiger partial charge < -0.3 is 15.2 Å². The second-order valence-electron chi connectivity index (χ2n) is 6.35. The molecule has 0 bridgehead atoms. The van der Waals surface area contributed by atoms with E-state index >= 15 is 0 Å². The minimum Gasteiger partial charge on any atom is -0.481 e. The summed E-state index contributed by atoms with van der Waals surface area (Å²) in [5, 5.41) is 12.0. The third-order valence-corrected chi connectivity index (χ3v) is 5.15. The van der Waals surface area contributed by atoms with Crippen molar-refractivity contribution in [1.29, 1.82) is 0 Å². The predicted molar refractivity (Wildman–Crippen MR) is 125 cm³/mol. The Morgan fingerprint density at radius 1 is 1.00 bits per heavy atom. The molecular formula is C21H19Cl2N3O6S.